The quantitative estimate of drug-likeness (QED) is 0.388. The molecule has 3 aromatic heterocycles. The van der Waals surface area contributed by atoms with E-state index < -0.39 is 0 Å². The number of benzene rings is 1. The molecule has 1 saturated carbocycles. The zero-order chi connectivity index (χ0) is 25.4. The Morgan fingerprint density at radius 1 is 1.14 bits per heavy atom. The van der Waals surface area contributed by atoms with Crippen LogP contribution in [0.5, 0.6) is 0 Å². The van der Waals surface area contributed by atoms with Gasteiger partial charge in [0, 0.05) is 68.4 Å². The third kappa shape index (κ3) is 5.27. The Morgan fingerprint density at radius 3 is 2.76 bits per heavy atom. The van der Waals surface area contributed by atoms with Crippen LogP contribution in [0.4, 0.5) is 0 Å². The number of carbonyl (C=O) groups excluding carboxylic acids is 1. The molecule has 1 atom stereocenters. The summed E-state index contributed by atoms with van der Waals surface area (Å²) < 4.78 is 5.50. The first-order valence-electron chi connectivity index (χ1n) is 13.3. The zero-order valence-electron chi connectivity index (χ0n) is 21.5. The summed E-state index contributed by atoms with van der Waals surface area (Å²) in [6, 6.07) is 10.2. The molecule has 6 rings (SSSR count). The minimum Gasteiger partial charge on any atom is -0.342 e. The maximum absolute atomic E-state index is 12.3. The van der Waals surface area contributed by atoms with Gasteiger partial charge >= 0.3 is 0 Å². The number of fused-ring (bicyclic) bond motifs is 1. The first-order chi connectivity index (χ1) is 18.1. The predicted molar refractivity (Wildman–Crippen MR) is 140 cm³/mol. The molecule has 1 aliphatic carbocycles. The lowest BCUT2D eigenvalue weighted by Gasteiger charge is -2.35. The van der Waals surface area contributed by atoms with Crippen molar-refractivity contribution in [3.8, 4) is 11.5 Å². The molecule has 1 aliphatic heterocycles. The summed E-state index contributed by atoms with van der Waals surface area (Å²) >= 11 is 0. The molecule has 1 N–H and O–H groups in total. The number of carbonyl (C=O) groups is 1. The highest BCUT2D eigenvalue weighted by Gasteiger charge is 2.34. The van der Waals surface area contributed by atoms with Crippen molar-refractivity contribution in [3.05, 3.63) is 59.4 Å². The maximum atomic E-state index is 12.3. The van der Waals surface area contributed by atoms with Gasteiger partial charge in [-0.15, -0.1) is 0 Å². The van der Waals surface area contributed by atoms with E-state index in [1.807, 2.05) is 29.3 Å². The van der Waals surface area contributed by atoms with E-state index >= 15 is 0 Å². The molecule has 192 valence electrons. The van der Waals surface area contributed by atoms with Gasteiger partial charge < -0.3 is 14.4 Å². The van der Waals surface area contributed by atoms with Gasteiger partial charge in [-0.3, -0.25) is 14.7 Å². The largest absolute Gasteiger partial charge is 0.342 e. The molecule has 4 aromatic rings. The molecule has 4 heterocycles. The SMILES string of the molecule is CCC(C)c1noc(-c2ccc3nc(Cc4cc(CN5CCN(C(=O)C6CC6)CC5)ccn4)[nH]c3c2)n1. The minimum atomic E-state index is 0.268. The average Bonchev–Trinajstić information content (AvgIpc) is 3.51. The molecule has 1 amide bonds. The number of pyridine rings is 1. The summed E-state index contributed by atoms with van der Waals surface area (Å²) in [5.41, 5.74) is 4.93. The van der Waals surface area contributed by atoms with E-state index in [4.69, 9.17) is 9.51 Å². The summed E-state index contributed by atoms with van der Waals surface area (Å²) in [5.74, 6) is 3.07. The molecule has 2 fully saturated rings. The van der Waals surface area contributed by atoms with Crippen molar-refractivity contribution in [2.45, 2.75) is 52.0 Å². The number of rotatable bonds is 8. The molecule has 0 spiro atoms. The van der Waals surface area contributed by atoms with Crippen LogP contribution in [0.25, 0.3) is 22.5 Å². The maximum Gasteiger partial charge on any atom is 0.258 e. The van der Waals surface area contributed by atoms with Gasteiger partial charge in [0.25, 0.3) is 5.89 Å². The second-order valence-corrected chi connectivity index (χ2v) is 10.4. The lowest BCUT2D eigenvalue weighted by atomic mass is 10.1. The van der Waals surface area contributed by atoms with E-state index in [1.165, 1.54) is 5.56 Å². The van der Waals surface area contributed by atoms with E-state index in [-0.39, 0.29) is 5.92 Å². The summed E-state index contributed by atoms with van der Waals surface area (Å²) in [4.78, 5) is 34.1. The lowest BCUT2D eigenvalue weighted by molar-refractivity contribution is -0.134. The van der Waals surface area contributed by atoms with Crippen LogP contribution in [-0.4, -0.2) is 67.0 Å². The topological polar surface area (TPSA) is 104 Å². The Balaban J connectivity index is 1.10. The number of nitrogens with one attached hydrogen (secondary N) is 1. The summed E-state index contributed by atoms with van der Waals surface area (Å²) in [6.45, 7) is 8.58. The zero-order valence-corrected chi connectivity index (χ0v) is 21.5. The van der Waals surface area contributed by atoms with Crippen LogP contribution in [0.1, 0.15) is 61.9 Å². The first-order valence-corrected chi connectivity index (χ1v) is 13.3. The van der Waals surface area contributed by atoms with Gasteiger partial charge in [0.15, 0.2) is 5.82 Å². The molecule has 1 aromatic carbocycles. The fraction of sp³-hybridized carbons (Fsp3) is 0.464. The summed E-state index contributed by atoms with van der Waals surface area (Å²) in [5, 5.41) is 4.13. The Bertz CT molecular complexity index is 1400. The summed E-state index contributed by atoms with van der Waals surface area (Å²) in [7, 11) is 0. The van der Waals surface area contributed by atoms with Gasteiger partial charge in [0.1, 0.15) is 5.82 Å². The van der Waals surface area contributed by atoms with Gasteiger partial charge in [-0.1, -0.05) is 19.0 Å². The third-order valence-electron chi connectivity index (χ3n) is 7.52. The fourth-order valence-corrected chi connectivity index (χ4v) is 4.88. The lowest BCUT2D eigenvalue weighted by Crippen LogP contribution is -2.48. The fourth-order valence-electron chi connectivity index (χ4n) is 4.88. The predicted octanol–water partition coefficient (Wildman–Crippen LogP) is 4.17. The molecule has 1 saturated heterocycles. The van der Waals surface area contributed by atoms with Gasteiger partial charge in [0.05, 0.1) is 11.0 Å². The molecule has 9 heteroatoms. The van der Waals surface area contributed by atoms with E-state index in [1.54, 1.807) is 0 Å². The number of hydrogen-bond acceptors (Lipinski definition) is 7. The Hall–Kier alpha value is -3.59. The van der Waals surface area contributed by atoms with E-state index in [9.17, 15) is 4.79 Å². The van der Waals surface area contributed by atoms with Crippen LogP contribution >= 0.6 is 0 Å². The van der Waals surface area contributed by atoms with Crippen LogP contribution in [0, 0.1) is 5.92 Å². The highest BCUT2D eigenvalue weighted by Crippen LogP contribution is 2.31. The van der Waals surface area contributed by atoms with Gasteiger partial charge in [-0.05, 0) is 55.2 Å². The molecule has 9 nitrogen and oxygen atoms in total. The van der Waals surface area contributed by atoms with E-state index in [2.05, 4.69) is 51.0 Å². The number of aromatic nitrogens is 5. The standard InChI is InChI=1S/C28H33N7O2/c1-3-18(2)26-32-27(37-33-26)21-6-7-23-24(15-21)31-25(30-23)16-22-14-19(8-9-29-22)17-34-10-12-35(13-11-34)28(36)20-4-5-20/h6-9,14-15,18,20H,3-5,10-13,16-17H2,1-2H3,(H,30,31). The second-order valence-electron chi connectivity index (χ2n) is 10.4. The van der Waals surface area contributed by atoms with Crippen LogP contribution in [0.15, 0.2) is 41.1 Å². The number of H-pyrrole nitrogens is 1. The van der Waals surface area contributed by atoms with Gasteiger partial charge in [0.2, 0.25) is 5.91 Å². The number of aromatic amines is 1. The number of hydrogen-bond donors (Lipinski definition) is 1. The van der Waals surface area contributed by atoms with Crippen molar-refractivity contribution in [2.24, 2.45) is 5.92 Å². The van der Waals surface area contributed by atoms with Crippen molar-refractivity contribution in [2.75, 3.05) is 26.2 Å². The molecule has 1 unspecified atom stereocenters. The number of nitrogens with zero attached hydrogens (tertiary/aromatic N) is 6. The van der Waals surface area contributed by atoms with Crippen molar-refractivity contribution in [3.63, 3.8) is 0 Å². The highest BCUT2D eigenvalue weighted by molar-refractivity contribution is 5.81. The van der Waals surface area contributed by atoms with Crippen LogP contribution in [0.3, 0.4) is 0 Å². The number of piperazine rings is 1. The third-order valence-corrected chi connectivity index (χ3v) is 7.52. The monoisotopic (exact) mass is 499 g/mol. The van der Waals surface area contributed by atoms with Crippen molar-refractivity contribution in [1.29, 1.82) is 0 Å². The summed E-state index contributed by atoms with van der Waals surface area (Å²) in [6.07, 6.45) is 5.62. The minimum absolute atomic E-state index is 0.268. The van der Waals surface area contributed by atoms with E-state index in [0.717, 1.165) is 85.9 Å². The number of amides is 1. The van der Waals surface area contributed by atoms with Gasteiger partial charge in [-0.2, -0.15) is 4.98 Å². The second kappa shape index (κ2) is 10.0. The molecule has 0 radical (unpaired) electrons. The van der Waals surface area contributed by atoms with Crippen LogP contribution < -0.4 is 0 Å². The highest BCUT2D eigenvalue weighted by atomic mass is 16.5. The van der Waals surface area contributed by atoms with Crippen molar-refractivity contribution in [1.82, 2.24) is 34.9 Å². The molecular weight excluding hydrogens is 466 g/mol. The Morgan fingerprint density at radius 2 is 1.97 bits per heavy atom. The molecule has 37 heavy (non-hydrogen) atoms. The van der Waals surface area contributed by atoms with Gasteiger partial charge in [-0.25, -0.2) is 4.98 Å². The van der Waals surface area contributed by atoms with Crippen LogP contribution in [0.2, 0.25) is 0 Å². The number of imidazole rings is 1. The van der Waals surface area contributed by atoms with E-state index in [0.29, 0.717) is 24.1 Å². The molecule has 0 bridgehead atoms. The Labute approximate surface area is 216 Å². The normalized spacial score (nSPS) is 17.4. The van der Waals surface area contributed by atoms with Crippen molar-refractivity contribution < 1.29 is 9.32 Å². The molecular formula is C28H33N7O2. The smallest absolute Gasteiger partial charge is 0.258 e. The first kappa shape index (κ1) is 23.8. The van der Waals surface area contributed by atoms with Crippen molar-refractivity contribution >= 4 is 16.9 Å². The van der Waals surface area contributed by atoms with Crippen LogP contribution in [-0.2, 0) is 17.8 Å². The Kier molecular flexibility index (Phi) is 6.46. The average molecular weight is 500 g/mol. The molecule has 2 aliphatic rings.